The normalized spacial score (nSPS) is 21.6. The summed E-state index contributed by atoms with van der Waals surface area (Å²) < 4.78 is 23.0. The predicted octanol–water partition coefficient (Wildman–Crippen LogP) is 3.10. The quantitative estimate of drug-likeness (QED) is 0.860. The van der Waals surface area contributed by atoms with Gasteiger partial charge in [0.15, 0.2) is 0 Å². The van der Waals surface area contributed by atoms with Crippen molar-refractivity contribution in [2.45, 2.75) is 37.6 Å². The van der Waals surface area contributed by atoms with Gasteiger partial charge in [-0.2, -0.15) is 0 Å². The van der Waals surface area contributed by atoms with Crippen molar-refractivity contribution >= 4 is 37.2 Å². The Morgan fingerprint density at radius 3 is 2.60 bits per heavy atom. The van der Waals surface area contributed by atoms with Gasteiger partial charge in [-0.25, -0.2) is 8.42 Å². The molecule has 1 aromatic rings. The molecule has 1 saturated carbocycles. The minimum Gasteiger partial charge on any atom is -0.349 e. The Morgan fingerprint density at radius 1 is 1.45 bits per heavy atom. The van der Waals surface area contributed by atoms with E-state index < -0.39 is 9.05 Å². The molecule has 2 rings (SSSR count). The fraction of sp³-hybridized carbons (Fsp3) is 0.462. The first-order valence-electron chi connectivity index (χ1n) is 6.29. The van der Waals surface area contributed by atoms with Crippen LogP contribution in [0.1, 0.15) is 35.7 Å². The minimum absolute atomic E-state index is 0.125. The van der Waals surface area contributed by atoms with Crippen molar-refractivity contribution in [3.05, 3.63) is 28.3 Å². The number of carbonyl (C=O) groups excluding carboxylic acids is 1. The third-order valence-electron chi connectivity index (χ3n) is 3.60. The van der Waals surface area contributed by atoms with Gasteiger partial charge in [-0.3, -0.25) is 4.79 Å². The van der Waals surface area contributed by atoms with Gasteiger partial charge in [-0.15, -0.1) is 0 Å². The summed E-state index contributed by atoms with van der Waals surface area (Å²) in [5, 5.41) is 3.05. The summed E-state index contributed by atoms with van der Waals surface area (Å²) in [5.41, 5.74) is 0.564. The molecule has 0 bridgehead atoms. The van der Waals surface area contributed by atoms with Crippen molar-refractivity contribution < 1.29 is 13.2 Å². The summed E-state index contributed by atoms with van der Waals surface area (Å²) in [4.78, 5) is 12.1. The maximum Gasteiger partial charge on any atom is 0.261 e. The molecule has 2 atom stereocenters. The van der Waals surface area contributed by atoms with Crippen LogP contribution in [0.3, 0.4) is 0 Å². The maximum atomic E-state index is 12.2. The van der Waals surface area contributed by atoms with Crippen LogP contribution in [0, 0.1) is 12.8 Å². The van der Waals surface area contributed by atoms with Crippen LogP contribution in [0.2, 0.25) is 5.02 Å². The van der Waals surface area contributed by atoms with Crippen LogP contribution in [0.4, 0.5) is 0 Å². The van der Waals surface area contributed by atoms with E-state index in [4.69, 9.17) is 22.3 Å². The molecule has 20 heavy (non-hydrogen) atoms. The van der Waals surface area contributed by atoms with Gasteiger partial charge in [0.2, 0.25) is 0 Å². The van der Waals surface area contributed by atoms with Crippen molar-refractivity contribution in [1.82, 2.24) is 5.32 Å². The van der Waals surface area contributed by atoms with E-state index in [1.54, 1.807) is 6.92 Å². The second-order valence-electron chi connectivity index (χ2n) is 5.00. The first kappa shape index (κ1) is 15.6. The lowest BCUT2D eigenvalue weighted by Crippen LogP contribution is -2.27. The Morgan fingerprint density at radius 2 is 2.10 bits per heavy atom. The Hall–Kier alpha value is -0.780. The van der Waals surface area contributed by atoms with E-state index in [9.17, 15) is 13.2 Å². The summed E-state index contributed by atoms with van der Waals surface area (Å²) in [5.74, 6) is 0.196. The van der Waals surface area contributed by atoms with Crippen molar-refractivity contribution in [1.29, 1.82) is 0 Å². The smallest absolute Gasteiger partial charge is 0.261 e. The molecule has 1 aliphatic carbocycles. The first-order chi connectivity index (χ1) is 9.24. The number of hydrogen-bond donors (Lipinski definition) is 1. The maximum absolute atomic E-state index is 12.2. The number of nitrogens with one attached hydrogen (secondary N) is 1. The molecule has 0 spiro atoms. The summed E-state index contributed by atoms with van der Waals surface area (Å²) in [6, 6.07) is 2.88. The Labute approximate surface area is 127 Å². The molecular weight excluding hydrogens is 321 g/mol. The van der Waals surface area contributed by atoms with Crippen LogP contribution in [0.15, 0.2) is 17.0 Å². The van der Waals surface area contributed by atoms with Gasteiger partial charge in [0.05, 0.1) is 4.90 Å². The van der Waals surface area contributed by atoms with Gasteiger partial charge in [0, 0.05) is 27.3 Å². The first-order valence-corrected chi connectivity index (χ1v) is 8.98. The lowest BCUT2D eigenvalue weighted by Gasteiger charge is -2.11. The molecule has 7 heteroatoms. The van der Waals surface area contributed by atoms with Crippen LogP contribution < -0.4 is 5.32 Å². The number of hydrogen-bond acceptors (Lipinski definition) is 3. The van der Waals surface area contributed by atoms with E-state index >= 15 is 0 Å². The largest absolute Gasteiger partial charge is 0.349 e. The standard InChI is InChI=1S/C13H15Cl2NO3S/c1-3-8-4-11(8)16-13(17)10-5-9(14)6-12(7(10)2)20(15,18)19/h5-6,8,11H,3-4H2,1-2H3,(H,16,17). The fourth-order valence-electron chi connectivity index (χ4n) is 2.26. The van der Waals surface area contributed by atoms with Crippen LogP contribution in [0.5, 0.6) is 0 Å². The average molecular weight is 336 g/mol. The van der Waals surface area contributed by atoms with Crippen LogP contribution in [-0.4, -0.2) is 20.4 Å². The Bertz CT molecular complexity index is 658. The molecule has 1 aromatic carbocycles. The lowest BCUT2D eigenvalue weighted by atomic mass is 10.1. The third-order valence-corrected chi connectivity index (χ3v) is 5.26. The van der Waals surface area contributed by atoms with Gasteiger partial charge in [0.1, 0.15) is 0 Å². The van der Waals surface area contributed by atoms with E-state index in [0.717, 1.165) is 12.8 Å². The highest BCUT2D eigenvalue weighted by molar-refractivity contribution is 8.13. The van der Waals surface area contributed by atoms with Gasteiger partial charge >= 0.3 is 0 Å². The van der Waals surface area contributed by atoms with E-state index in [1.807, 2.05) is 0 Å². The molecule has 0 aliphatic heterocycles. The number of rotatable bonds is 4. The zero-order valence-corrected chi connectivity index (χ0v) is 13.4. The molecule has 0 aromatic heterocycles. The SMILES string of the molecule is CCC1CC1NC(=O)c1cc(Cl)cc(S(=O)(=O)Cl)c1C. The predicted molar refractivity (Wildman–Crippen MR) is 78.9 cm³/mol. The lowest BCUT2D eigenvalue weighted by molar-refractivity contribution is 0.0948. The molecular formula is C13H15Cl2NO3S. The van der Waals surface area contributed by atoms with E-state index in [1.165, 1.54) is 12.1 Å². The molecule has 2 unspecified atom stereocenters. The molecule has 1 N–H and O–H groups in total. The summed E-state index contributed by atoms with van der Waals surface area (Å²) in [6.07, 6.45) is 1.98. The van der Waals surface area contributed by atoms with Gasteiger partial charge < -0.3 is 5.32 Å². The highest BCUT2D eigenvalue weighted by Gasteiger charge is 2.37. The van der Waals surface area contributed by atoms with Crippen molar-refractivity contribution in [2.75, 3.05) is 0 Å². The molecule has 0 saturated heterocycles. The highest BCUT2D eigenvalue weighted by atomic mass is 35.7. The molecule has 110 valence electrons. The molecule has 1 fully saturated rings. The summed E-state index contributed by atoms with van der Waals surface area (Å²) in [7, 11) is 1.43. The van der Waals surface area contributed by atoms with Crippen LogP contribution in [0.25, 0.3) is 0 Å². The number of carbonyl (C=O) groups is 1. The Balaban J connectivity index is 2.32. The average Bonchev–Trinajstić information content (AvgIpc) is 3.08. The highest BCUT2D eigenvalue weighted by Crippen LogP contribution is 2.34. The summed E-state index contributed by atoms with van der Waals surface area (Å²) >= 11 is 5.88. The van der Waals surface area contributed by atoms with Gasteiger partial charge in [-0.05, 0) is 37.0 Å². The monoisotopic (exact) mass is 335 g/mol. The van der Waals surface area contributed by atoms with Crippen molar-refractivity contribution in [3.63, 3.8) is 0 Å². The molecule has 1 aliphatic rings. The zero-order chi connectivity index (χ0) is 15.1. The second-order valence-corrected chi connectivity index (χ2v) is 7.97. The molecule has 1 amide bonds. The number of amides is 1. The fourth-order valence-corrected chi connectivity index (χ4v) is 3.77. The summed E-state index contributed by atoms with van der Waals surface area (Å²) in [6.45, 7) is 3.62. The third kappa shape index (κ3) is 3.27. The van der Waals surface area contributed by atoms with Gasteiger partial charge in [-0.1, -0.05) is 24.9 Å². The van der Waals surface area contributed by atoms with Crippen LogP contribution in [-0.2, 0) is 9.05 Å². The number of halogens is 2. The minimum atomic E-state index is -3.93. The Kier molecular flexibility index (Phi) is 4.33. The van der Waals surface area contributed by atoms with Crippen LogP contribution >= 0.6 is 22.3 Å². The number of benzene rings is 1. The second kappa shape index (κ2) is 5.54. The van der Waals surface area contributed by atoms with E-state index in [2.05, 4.69) is 12.2 Å². The topological polar surface area (TPSA) is 63.2 Å². The van der Waals surface area contributed by atoms with Crippen molar-refractivity contribution in [3.8, 4) is 0 Å². The molecule has 4 nitrogen and oxygen atoms in total. The molecule has 0 heterocycles. The van der Waals surface area contributed by atoms with E-state index in [-0.39, 0.29) is 27.4 Å². The van der Waals surface area contributed by atoms with Gasteiger partial charge in [0.25, 0.3) is 15.0 Å². The van der Waals surface area contributed by atoms with E-state index in [0.29, 0.717) is 11.5 Å². The van der Waals surface area contributed by atoms with Crippen molar-refractivity contribution in [2.24, 2.45) is 5.92 Å². The zero-order valence-electron chi connectivity index (χ0n) is 11.1. The molecule has 0 radical (unpaired) electrons.